The van der Waals surface area contributed by atoms with Gasteiger partial charge in [-0.3, -0.25) is 4.79 Å². The number of carbonyl (C=O) groups is 1. The van der Waals surface area contributed by atoms with E-state index in [4.69, 9.17) is 0 Å². The van der Waals surface area contributed by atoms with Crippen molar-refractivity contribution in [1.82, 2.24) is 24.6 Å². The van der Waals surface area contributed by atoms with Gasteiger partial charge in [-0.2, -0.15) is 5.10 Å². The van der Waals surface area contributed by atoms with Crippen molar-refractivity contribution in [3.05, 3.63) is 70.5 Å². The number of likely N-dealkylation sites (tertiary alicyclic amines) is 1. The number of fused-ring (bicyclic) bond motifs is 1. The molecule has 2 fully saturated rings. The Bertz CT molecular complexity index is 1470. The van der Waals surface area contributed by atoms with Gasteiger partial charge in [0.15, 0.2) is 0 Å². The highest BCUT2D eigenvalue weighted by atomic mass is 19.1. The van der Waals surface area contributed by atoms with Crippen LogP contribution in [0.25, 0.3) is 27.7 Å². The summed E-state index contributed by atoms with van der Waals surface area (Å²) in [4.78, 5) is 29.8. The molecule has 2 aromatic carbocycles. The molecule has 3 heterocycles. The quantitative estimate of drug-likeness (QED) is 0.472. The van der Waals surface area contributed by atoms with Gasteiger partial charge in [-0.1, -0.05) is 12.1 Å². The second-order valence-corrected chi connectivity index (χ2v) is 9.26. The predicted octanol–water partition coefficient (Wildman–Crippen LogP) is 3.79. The second kappa shape index (κ2) is 7.93. The Balaban J connectivity index is 1.29. The van der Waals surface area contributed by atoms with Crippen LogP contribution in [0.1, 0.15) is 25.1 Å². The first-order valence-corrected chi connectivity index (χ1v) is 11.5. The van der Waals surface area contributed by atoms with E-state index in [2.05, 4.69) is 15.2 Å². The number of nitrogens with one attached hydrogen (secondary N) is 2. The van der Waals surface area contributed by atoms with Crippen LogP contribution in [0.2, 0.25) is 0 Å². The summed E-state index contributed by atoms with van der Waals surface area (Å²) < 4.78 is 31.5. The summed E-state index contributed by atoms with van der Waals surface area (Å²) in [7, 11) is 0. The molecule has 1 amide bonds. The first-order chi connectivity index (χ1) is 16.5. The van der Waals surface area contributed by atoms with Crippen LogP contribution in [0.3, 0.4) is 0 Å². The number of hydrogen-bond donors (Lipinski definition) is 2. The smallest absolute Gasteiger partial charge is 0.348 e. The summed E-state index contributed by atoms with van der Waals surface area (Å²) in [5.41, 5.74) is 0.656. The van der Waals surface area contributed by atoms with E-state index in [-0.39, 0.29) is 29.0 Å². The van der Waals surface area contributed by atoms with E-state index in [0.717, 1.165) is 46.9 Å². The molecular formula is C25H23F2N5O2. The number of carbonyl (C=O) groups excluding carboxylic acids is 1. The van der Waals surface area contributed by atoms with Crippen LogP contribution >= 0.6 is 0 Å². The van der Waals surface area contributed by atoms with Gasteiger partial charge in [-0.05, 0) is 54.3 Å². The molecule has 2 aromatic heterocycles. The van der Waals surface area contributed by atoms with E-state index in [1.165, 1.54) is 0 Å². The molecule has 34 heavy (non-hydrogen) atoms. The molecule has 2 N–H and O–H groups in total. The third kappa shape index (κ3) is 3.61. The molecule has 9 heteroatoms. The minimum absolute atomic E-state index is 0.108. The van der Waals surface area contributed by atoms with Gasteiger partial charge >= 0.3 is 5.69 Å². The highest BCUT2D eigenvalue weighted by molar-refractivity contribution is 5.85. The third-order valence-electron chi connectivity index (χ3n) is 6.88. The minimum atomic E-state index is -0.718. The first-order valence-electron chi connectivity index (χ1n) is 11.5. The zero-order valence-corrected chi connectivity index (χ0v) is 18.4. The van der Waals surface area contributed by atoms with Crippen LogP contribution in [0.15, 0.2) is 47.4 Å². The van der Waals surface area contributed by atoms with Crippen molar-refractivity contribution < 1.29 is 13.6 Å². The summed E-state index contributed by atoms with van der Waals surface area (Å²) in [5, 5.41) is 7.42. The van der Waals surface area contributed by atoms with Crippen molar-refractivity contribution in [3.63, 3.8) is 0 Å². The highest BCUT2D eigenvalue weighted by Gasteiger charge is 2.37. The average molecular weight is 463 g/mol. The number of aromatic nitrogens is 4. The fraction of sp³-hybridized carbons (Fsp3) is 0.320. The number of hydrogen-bond acceptors (Lipinski definition) is 3. The molecule has 1 aliphatic heterocycles. The fourth-order valence-corrected chi connectivity index (χ4v) is 4.91. The van der Waals surface area contributed by atoms with E-state index in [0.29, 0.717) is 30.9 Å². The SMILES string of the molecule is O=C(C1CC1)N1CCC(Cc2n[nH]c(=O)n2-c2cc(F)c(-c3ccc4cc[nH]c4c3)cc2F)C1. The normalized spacial score (nSPS) is 18.2. The standard InChI is InChI=1S/C25H23F2N5O2/c26-19-12-22(20(27)11-18(19)17-4-1-15-5-7-28-21(15)10-17)32-23(29-30-25(32)34)9-14-6-8-31(13-14)24(33)16-2-3-16/h1,4-5,7,10-12,14,16,28H,2-3,6,8-9,13H2,(H,30,34). The van der Waals surface area contributed by atoms with Crippen molar-refractivity contribution in [2.45, 2.75) is 25.7 Å². The number of nitrogens with zero attached hydrogens (tertiary/aromatic N) is 3. The van der Waals surface area contributed by atoms with Crippen molar-refractivity contribution in [3.8, 4) is 16.8 Å². The topological polar surface area (TPSA) is 86.8 Å². The molecule has 1 unspecified atom stereocenters. The van der Waals surface area contributed by atoms with Gasteiger partial charge in [0.2, 0.25) is 5.91 Å². The number of H-pyrrole nitrogens is 2. The molecule has 0 bridgehead atoms. The van der Waals surface area contributed by atoms with E-state index in [1.54, 1.807) is 18.3 Å². The lowest BCUT2D eigenvalue weighted by atomic mass is 10.0. The molecule has 0 radical (unpaired) electrons. The Hall–Kier alpha value is -3.75. The summed E-state index contributed by atoms with van der Waals surface area (Å²) >= 11 is 0. The fourth-order valence-electron chi connectivity index (χ4n) is 4.91. The molecule has 7 nitrogen and oxygen atoms in total. The van der Waals surface area contributed by atoms with Gasteiger partial charge < -0.3 is 9.88 Å². The monoisotopic (exact) mass is 463 g/mol. The van der Waals surface area contributed by atoms with E-state index in [9.17, 15) is 9.59 Å². The van der Waals surface area contributed by atoms with Crippen molar-refractivity contribution in [1.29, 1.82) is 0 Å². The number of halogens is 2. The van der Waals surface area contributed by atoms with Crippen LogP contribution in [0.4, 0.5) is 8.78 Å². The highest BCUT2D eigenvalue weighted by Crippen LogP contribution is 2.34. The molecule has 174 valence electrons. The van der Waals surface area contributed by atoms with Crippen LogP contribution in [-0.4, -0.2) is 43.6 Å². The summed E-state index contributed by atoms with van der Waals surface area (Å²) in [6.45, 7) is 1.27. The molecule has 1 aliphatic carbocycles. The van der Waals surface area contributed by atoms with Gasteiger partial charge in [-0.15, -0.1) is 0 Å². The molecular weight excluding hydrogens is 440 g/mol. The summed E-state index contributed by atoms with van der Waals surface area (Å²) in [6, 6.07) is 9.39. The Labute approximate surface area is 193 Å². The maximum absolute atomic E-state index is 15.2. The molecule has 1 saturated carbocycles. The number of aromatic amines is 2. The Kier molecular flexibility index (Phi) is 4.86. The summed E-state index contributed by atoms with van der Waals surface area (Å²) in [5.74, 6) is -0.558. The van der Waals surface area contributed by atoms with Crippen molar-refractivity contribution in [2.75, 3.05) is 13.1 Å². The number of benzene rings is 2. The predicted molar refractivity (Wildman–Crippen MR) is 123 cm³/mol. The van der Waals surface area contributed by atoms with Gasteiger partial charge in [0.05, 0.1) is 5.69 Å². The van der Waals surface area contributed by atoms with Gasteiger partial charge in [-0.25, -0.2) is 23.2 Å². The molecule has 0 spiro atoms. The van der Waals surface area contributed by atoms with Crippen LogP contribution in [-0.2, 0) is 11.2 Å². The van der Waals surface area contributed by atoms with Crippen LogP contribution in [0.5, 0.6) is 0 Å². The van der Waals surface area contributed by atoms with Crippen LogP contribution in [0, 0.1) is 23.5 Å². The number of amides is 1. The maximum Gasteiger partial charge on any atom is 0.348 e. The molecule has 1 saturated heterocycles. The first kappa shape index (κ1) is 20.8. The lowest BCUT2D eigenvalue weighted by Crippen LogP contribution is -2.30. The Morgan fingerprint density at radius 1 is 1.09 bits per heavy atom. The van der Waals surface area contributed by atoms with E-state index >= 15 is 8.78 Å². The van der Waals surface area contributed by atoms with Crippen molar-refractivity contribution >= 4 is 16.8 Å². The third-order valence-corrected chi connectivity index (χ3v) is 6.88. The molecule has 4 aromatic rings. The van der Waals surface area contributed by atoms with Gasteiger partial charge in [0, 0.05) is 48.8 Å². The zero-order chi connectivity index (χ0) is 23.4. The number of rotatable bonds is 5. The average Bonchev–Trinajstić information content (AvgIpc) is 3.22. The van der Waals surface area contributed by atoms with Crippen molar-refractivity contribution in [2.24, 2.45) is 11.8 Å². The zero-order valence-electron chi connectivity index (χ0n) is 18.4. The summed E-state index contributed by atoms with van der Waals surface area (Å²) in [6.07, 6.45) is 4.87. The largest absolute Gasteiger partial charge is 0.361 e. The molecule has 1 atom stereocenters. The minimum Gasteiger partial charge on any atom is -0.361 e. The Morgan fingerprint density at radius 2 is 1.94 bits per heavy atom. The van der Waals surface area contributed by atoms with Gasteiger partial charge in [0.25, 0.3) is 0 Å². The lowest BCUT2D eigenvalue weighted by Gasteiger charge is -2.16. The lowest BCUT2D eigenvalue weighted by molar-refractivity contribution is -0.131. The second-order valence-electron chi connectivity index (χ2n) is 9.26. The molecule has 6 rings (SSSR count). The van der Waals surface area contributed by atoms with E-state index in [1.807, 2.05) is 17.0 Å². The Morgan fingerprint density at radius 3 is 2.76 bits per heavy atom. The van der Waals surface area contributed by atoms with E-state index < -0.39 is 17.3 Å². The molecule has 2 aliphatic rings. The maximum atomic E-state index is 15.2. The van der Waals surface area contributed by atoms with Crippen LogP contribution < -0.4 is 5.69 Å². The van der Waals surface area contributed by atoms with Gasteiger partial charge in [0.1, 0.15) is 17.5 Å².